The molecule has 7 nitrogen and oxygen atoms in total. The second kappa shape index (κ2) is 6.41. The van der Waals surface area contributed by atoms with E-state index in [0.29, 0.717) is 45.8 Å². The lowest BCUT2D eigenvalue weighted by atomic mass is 9.90. The van der Waals surface area contributed by atoms with Crippen LogP contribution in [-0.2, 0) is 14.3 Å². The zero-order valence-corrected chi connectivity index (χ0v) is 11.8. The van der Waals surface area contributed by atoms with Gasteiger partial charge in [-0.1, -0.05) is 6.92 Å². The fraction of sp³-hybridized carbons (Fsp3) is 0.846. The van der Waals surface area contributed by atoms with E-state index in [-0.39, 0.29) is 12.1 Å². The zero-order chi connectivity index (χ0) is 14.6. The molecule has 2 aliphatic rings. The summed E-state index contributed by atoms with van der Waals surface area (Å²) in [7, 11) is 0. The Morgan fingerprint density at radius 2 is 2.05 bits per heavy atom. The van der Waals surface area contributed by atoms with Crippen molar-refractivity contribution < 1.29 is 24.2 Å². The van der Waals surface area contributed by atoms with E-state index in [1.54, 1.807) is 4.90 Å². The monoisotopic (exact) mass is 286 g/mol. The number of carboxylic acids is 1. The number of rotatable bonds is 3. The highest BCUT2D eigenvalue weighted by Gasteiger charge is 2.42. The molecule has 0 aliphatic carbocycles. The van der Waals surface area contributed by atoms with E-state index in [1.807, 2.05) is 6.92 Å². The Labute approximate surface area is 118 Å². The fourth-order valence-corrected chi connectivity index (χ4v) is 2.55. The zero-order valence-electron chi connectivity index (χ0n) is 11.8. The van der Waals surface area contributed by atoms with Crippen molar-refractivity contribution in [3.8, 4) is 0 Å². The minimum Gasteiger partial charge on any atom is -0.480 e. The molecule has 2 heterocycles. The van der Waals surface area contributed by atoms with Gasteiger partial charge in [-0.15, -0.1) is 0 Å². The molecular formula is C13H22N2O5. The predicted molar refractivity (Wildman–Crippen MR) is 70.6 cm³/mol. The maximum atomic E-state index is 12.3. The van der Waals surface area contributed by atoms with Gasteiger partial charge in [-0.3, -0.25) is 0 Å². The van der Waals surface area contributed by atoms with Crippen LogP contribution in [0.25, 0.3) is 0 Å². The van der Waals surface area contributed by atoms with Crippen molar-refractivity contribution >= 4 is 12.0 Å². The van der Waals surface area contributed by atoms with E-state index in [9.17, 15) is 14.7 Å². The molecule has 2 amide bonds. The summed E-state index contributed by atoms with van der Waals surface area (Å²) >= 11 is 0. The van der Waals surface area contributed by atoms with Crippen LogP contribution in [0.4, 0.5) is 4.79 Å². The average molecular weight is 286 g/mol. The third kappa shape index (κ3) is 3.21. The first-order valence-electron chi connectivity index (χ1n) is 7.07. The van der Waals surface area contributed by atoms with Crippen molar-refractivity contribution in [1.29, 1.82) is 0 Å². The van der Waals surface area contributed by atoms with Gasteiger partial charge in [0.25, 0.3) is 0 Å². The first-order valence-corrected chi connectivity index (χ1v) is 7.07. The standard InChI is InChI=1S/C13H22N2O5/c1-2-10-9-15(5-8-20-10)12(18)14-13(11(16)17)3-6-19-7-4-13/h10H,2-9H2,1H3,(H,14,18)(H,16,17). The van der Waals surface area contributed by atoms with Crippen molar-refractivity contribution in [2.75, 3.05) is 32.9 Å². The number of carboxylic acid groups (broad SMARTS) is 1. The van der Waals surface area contributed by atoms with Crippen LogP contribution >= 0.6 is 0 Å². The molecule has 2 N–H and O–H groups in total. The molecule has 1 atom stereocenters. The molecule has 7 heteroatoms. The van der Waals surface area contributed by atoms with Gasteiger partial charge in [0.2, 0.25) is 0 Å². The molecule has 2 aliphatic heterocycles. The molecular weight excluding hydrogens is 264 g/mol. The molecule has 2 saturated heterocycles. The summed E-state index contributed by atoms with van der Waals surface area (Å²) in [5.74, 6) is -0.991. The van der Waals surface area contributed by atoms with Crippen LogP contribution in [0.15, 0.2) is 0 Å². The first kappa shape index (κ1) is 15.1. The van der Waals surface area contributed by atoms with Crippen LogP contribution in [0, 0.1) is 0 Å². The van der Waals surface area contributed by atoms with Gasteiger partial charge in [0.15, 0.2) is 0 Å². The number of nitrogens with one attached hydrogen (secondary N) is 1. The number of morpholine rings is 1. The molecule has 2 fully saturated rings. The van der Waals surface area contributed by atoms with Crippen molar-refractivity contribution in [2.45, 2.75) is 37.8 Å². The summed E-state index contributed by atoms with van der Waals surface area (Å²) in [6, 6.07) is -0.323. The number of hydrogen-bond acceptors (Lipinski definition) is 4. The van der Waals surface area contributed by atoms with E-state index >= 15 is 0 Å². The largest absolute Gasteiger partial charge is 0.480 e. The Bertz CT molecular complexity index is 368. The highest BCUT2D eigenvalue weighted by molar-refractivity contribution is 5.86. The first-order chi connectivity index (χ1) is 9.57. The highest BCUT2D eigenvalue weighted by atomic mass is 16.5. The number of aliphatic carboxylic acids is 1. The quantitative estimate of drug-likeness (QED) is 0.786. The molecule has 2 rings (SSSR count). The molecule has 0 aromatic heterocycles. The van der Waals surface area contributed by atoms with Crippen molar-refractivity contribution in [3.05, 3.63) is 0 Å². The molecule has 0 radical (unpaired) electrons. The fourth-order valence-electron chi connectivity index (χ4n) is 2.55. The van der Waals surface area contributed by atoms with Gasteiger partial charge in [-0.25, -0.2) is 9.59 Å². The van der Waals surface area contributed by atoms with E-state index < -0.39 is 11.5 Å². The molecule has 0 aromatic rings. The Hall–Kier alpha value is -1.34. The minimum atomic E-state index is -1.20. The third-order valence-corrected chi connectivity index (χ3v) is 3.98. The topological polar surface area (TPSA) is 88.1 Å². The number of amides is 2. The number of nitrogens with zero attached hydrogens (tertiary/aromatic N) is 1. The van der Waals surface area contributed by atoms with E-state index in [4.69, 9.17) is 9.47 Å². The molecule has 0 aromatic carbocycles. The molecule has 20 heavy (non-hydrogen) atoms. The Kier molecular flexibility index (Phi) is 4.82. The van der Waals surface area contributed by atoms with Crippen molar-refractivity contribution in [1.82, 2.24) is 10.2 Å². The third-order valence-electron chi connectivity index (χ3n) is 3.98. The van der Waals surface area contributed by atoms with Crippen LogP contribution in [0.1, 0.15) is 26.2 Å². The number of carbonyl (C=O) groups is 2. The van der Waals surface area contributed by atoms with Crippen molar-refractivity contribution in [2.24, 2.45) is 0 Å². The van der Waals surface area contributed by atoms with Gasteiger partial charge >= 0.3 is 12.0 Å². The number of carbonyl (C=O) groups excluding carboxylic acids is 1. The van der Waals surface area contributed by atoms with Gasteiger partial charge in [-0.05, 0) is 6.42 Å². The second-order valence-corrected chi connectivity index (χ2v) is 5.28. The van der Waals surface area contributed by atoms with Gasteiger partial charge in [0, 0.05) is 39.1 Å². The molecule has 0 spiro atoms. The SMILES string of the molecule is CCC1CN(C(=O)NC2(C(=O)O)CCOCC2)CCO1. The van der Waals surface area contributed by atoms with E-state index in [2.05, 4.69) is 5.32 Å². The smallest absolute Gasteiger partial charge is 0.329 e. The second-order valence-electron chi connectivity index (χ2n) is 5.28. The summed E-state index contributed by atoms with van der Waals surface area (Å²) < 4.78 is 10.7. The lowest BCUT2D eigenvalue weighted by molar-refractivity contribution is -0.148. The van der Waals surface area contributed by atoms with Crippen LogP contribution in [0.2, 0.25) is 0 Å². The van der Waals surface area contributed by atoms with Crippen LogP contribution in [0.5, 0.6) is 0 Å². The van der Waals surface area contributed by atoms with Gasteiger partial charge < -0.3 is 24.8 Å². The van der Waals surface area contributed by atoms with Gasteiger partial charge in [0.05, 0.1) is 12.7 Å². The normalized spacial score (nSPS) is 26.1. The summed E-state index contributed by atoms with van der Waals surface area (Å²) in [6.45, 7) is 4.21. The lowest BCUT2D eigenvalue weighted by Gasteiger charge is -2.38. The Morgan fingerprint density at radius 3 is 2.65 bits per heavy atom. The van der Waals surface area contributed by atoms with Crippen LogP contribution < -0.4 is 5.32 Å². The highest BCUT2D eigenvalue weighted by Crippen LogP contribution is 2.22. The summed E-state index contributed by atoms with van der Waals surface area (Å²) in [6.07, 6.45) is 1.47. The Balaban J connectivity index is 1.99. The number of urea groups is 1. The summed E-state index contributed by atoms with van der Waals surface area (Å²) in [5.41, 5.74) is -1.20. The molecule has 114 valence electrons. The summed E-state index contributed by atoms with van der Waals surface area (Å²) in [5, 5.41) is 12.1. The van der Waals surface area contributed by atoms with E-state index in [0.717, 1.165) is 6.42 Å². The van der Waals surface area contributed by atoms with Gasteiger partial charge in [0.1, 0.15) is 5.54 Å². The maximum absolute atomic E-state index is 12.3. The van der Waals surface area contributed by atoms with Gasteiger partial charge in [-0.2, -0.15) is 0 Å². The van der Waals surface area contributed by atoms with E-state index in [1.165, 1.54) is 0 Å². The molecule has 0 saturated carbocycles. The summed E-state index contributed by atoms with van der Waals surface area (Å²) in [4.78, 5) is 25.4. The maximum Gasteiger partial charge on any atom is 0.329 e. The van der Waals surface area contributed by atoms with Crippen molar-refractivity contribution in [3.63, 3.8) is 0 Å². The minimum absolute atomic E-state index is 0.0324. The number of hydrogen-bond donors (Lipinski definition) is 2. The Morgan fingerprint density at radius 1 is 1.35 bits per heavy atom. The molecule has 1 unspecified atom stereocenters. The van der Waals surface area contributed by atoms with Crippen LogP contribution in [-0.4, -0.2) is 66.6 Å². The lowest BCUT2D eigenvalue weighted by Crippen LogP contribution is -2.61. The number of ether oxygens (including phenoxy) is 2. The average Bonchev–Trinajstić information content (AvgIpc) is 2.48. The molecule has 0 bridgehead atoms. The van der Waals surface area contributed by atoms with Crippen LogP contribution in [0.3, 0.4) is 0 Å². The predicted octanol–water partition coefficient (Wildman–Crippen LogP) is 0.441.